The number of rotatable bonds is 6. The van der Waals surface area contributed by atoms with Gasteiger partial charge in [0.05, 0.1) is 36.0 Å². The summed E-state index contributed by atoms with van der Waals surface area (Å²) in [6.45, 7) is 2.07. The average molecular weight is 481 g/mol. The third-order valence-corrected chi connectivity index (χ3v) is 5.36. The summed E-state index contributed by atoms with van der Waals surface area (Å²) in [6, 6.07) is 2.36. The van der Waals surface area contributed by atoms with E-state index in [4.69, 9.17) is 5.26 Å². The van der Waals surface area contributed by atoms with Crippen LogP contribution in [0.25, 0.3) is 0 Å². The first-order valence-electron chi connectivity index (χ1n) is 10.2. The maximum absolute atomic E-state index is 13.2. The van der Waals surface area contributed by atoms with Crippen LogP contribution in [0.5, 0.6) is 0 Å². The SMILES string of the molecule is CC(Cn1ccc(C(=O)N2CCN(C(=O)O)CC2CC#N)c1)Nc1cn[nH]c(=O)c1C(F)(F)F. The van der Waals surface area contributed by atoms with Crippen LogP contribution in [-0.4, -0.2) is 73.4 Å². The first kappa shape index (κ1) is 24.6. The van der Waals surface area contributed by atoms with Crippen LogP contribution >= 0.6 is 0 Å². The highest BCUT2D eigenvalue weighted by molar-refractivity contribution is 5.94. The first-order valence-corrected chi connectivity index (χ1v) is 10.2. The maximum Gasteiger partial charge on any atom is 0.423 e. The Bertz CT molecular complexity index is 1150. The molecule has 1 aliphatic heterocycles. The number of nitrogens with zero attached hydrogens (tertiary/aromatic N) is 5. The molecule has 2 aromatic rings. The van der Waals surface area contributed by atoms with Crippen LogP contribution in [0.2, 0.25) is 0 Å². The van der Waals surface area contributed by atoms with Gasteiger partial charge in [-0.05, 0) is 13.0 Å². The van der Waals surface area contributed by atoms with Crippen molar-refractivity contribution in [3.63, 3.8) is 0 Å². The van der Waals surface area contributed by atoms with Gasteiger partial charge in [-0.1, -0.05) is 0 Å². The first-order chi connectivity index (χ1) is 16.0. The van der Waals surface area contributed by atoms with E-state index in [1.807, 2.05) is 6.07 Å². The van der Waals surface area contributed by atoms with Gasteiger partial charge in [0.25, 0.3) is 11.5 Å². The molecule has 0 spiro atoms. The number of carboxylic acid groups (broad SMARTS) is 1. The van der Waals surface area contributed by atoms with Gasteiger partial charge < -0.3 is 24.8 Å². The lowest BCUT2D eigenvalue weighted by Gasteiger charge is -2.39. The zero-order chi connectivity index (χ0) is 25.0. The Kier molecular flexibility index (Phi) is 7.14. The van der Waals surface area contributed by atoms with E-state index in [0.29, 0.717) is 5.56 Å². The number of nitriles is 1. The van der Waals surface area contributed by atoms with Crippen LogP contribution in [0.3, 0.4) is 0 Å². The van der Waals surface area contributed by atoms with Crippen molar-refractivity contribution in [2.75, 3.05) is 25.0 Å². The summed E-state index contributed by atoms with van der Waals surface area (Å²) >= 11 is 0. The molecule has 3 N–H and O–H groups in total. The number of aromatic nitrogens is 3. The molecule has 2 aromatic heterocycles. The fraction of sp³-hybridized carbons (Fsp3) is 0.450. The smallest absolute Gasteiger partial charge is 0.423 e. The second-order valence-corrected chi connectivity index (χ2v) is 7.87. The van der Waals surface area contributed by atoms with Crippen molar-refractivity contribution in [1.29, 1.82) is 5.26 Å². The number of H-pyrrole nitrogens is 1. The standard InChI is InChI=1S/C20H22F3N7O4/c1-12(26-15-8-25-27-17(31)16(15)20(21,22)23)9-28-5-3-13(10-28)18(32)30-7-6-29(19(33)34)11-14(30)2-4-24/h3,5,8,10,12,14H,2,6-7,9,11H2,1H3,(H,33,34)(H2,26,27,31). The molecule has 0 aromatic carbocycles. The number of piperazine rings is 1. The molecule has 0 radical (unpaired) electrons. The summed E-state index contributed by atoms with van der Waals surface area (Å²) in [4.78, 5) is 38.4. The normalized spacial score (nSPS) is 17.2. The monoisotopic (exact) mass is 481 g/mol. The van der Waals surface area contributed by atoms with Crippen molar-refractivity contribution >= 4 is 17.7 Å². The second-order valence-electron chi connectivity index (χ2n) is 7.87. The van der Waals surface area contributed by atoms with Gasteiger partial charge in [0.2, 0.25) is 0 Å². The van der Waals surface area contributed by atoms with Crippen molar-refractivity contribution in [2.24, 2.45) is 0 Å². The highest BCUT2D eigenvalue weighted by Crippen LogP contribution is 2.31. The predicted molar refractivity (Wildman–Crippen MR) is 112 cm³/mol. The Balaban J connectivity index is 1.69. The quantitative estimate of drug-likeness (QED) is 0.570. The molecule has 182 valence electrons. The number of carbonyl (C=O) groups excluding carboxylic acids is 1. The Hall–Kier alpha value is -4.02. The minimum Gasteiger partial charge on any atom is -0.465 e. The van der Waals surface area contributed by atoms with Crippen molar-refractivity contribution in [3.05, 3.63) is 46.1 Å². The topological polar surface area (TPSA) is 147 Å². The maximum atomic E-state index is 13.2. The van der Waals surface area contributed by atoms with Crippen molar-refractivity contribution < 1.29 is 27.9 Å². The van der Waals surface area contributed by atoms with E-state index in [0.717, 1.165) is 11.1 Å². The van der Waals surface area contributed by atoms with E-state index in [2.05, 4.69) is 10.4 Å². The van der Waals surface area contributed by atoms with Crippen LogP contribution in [0, 0.1) is 11.3 Å². The van der Waals surface area contributed by atoms with Gasteiger partial charge >= 0.3 is 12.3 Å². The number of amides is 2. The molecule has 3 rings (SSSR count). The van der Waals surface area contributed by atoms with Crippen molar-refractivity contribution in [3.8, 4) is 6.07 Å². The van der Waals surface area contributed by atoms with Crippen molar-refractivity contribution in [1.82, 2.24) is 24.6 Å². The third-order valence-electron chi connectivity index (χ3n) is 5.36. The molecule has 2 atom stereocenters. The van der Waals surface area contributed by atoms with Crippen LogP contribution in [0.1, 0.15) is 29.3 Å². The number of hydrogen-bond donors (Lipinski definition) is 3. The molecule has 1 saturated heterocycles. The molecular weight excluding hydrogens is 459 g/mol. The van der Waals surface area contributed by atoms with Crippen LogP contribution < -0.4 is 10.9 Å². The lowest BCUT2D eigenvalue weighted by molar-refractivity contribution is -0.138. The minimum absolute atomic E-state index is 0.0248. The second kappa shape index (κ2) is 9.86. The minimum atomic E-state index is -4.86. The van der Waals surface area contributed by atoms with Gasteiger partial charge in [0.1, 0.15) is 5.56 Å². The molecule has 1 fully saturated rings. The predicted octanol–water partition coefficient (Wildman–Crippen LogP) is 1.81. The molecule has 34 heavy (non-hydrogen) atoms. The van der Waals surface area contributed by atoms with Crippen LogP contribution in [0.4, 0.5) is 23.7 Å². The summed E-state index contributed by atoms with van der Waals surface area (Å²) in [5, 5.41) is 26.1. The number of nitrogens with one attached hydrogen (secondary N) is 2. The van der Waals surface area contributed by atoms with E-state index in [9.17, 15) is 32.7 Å². The lowest BCUT2D eigenvalue weighted by Crippen LogP contribution is -2.56. The number of alkyl halides is 3. The Morgan fingerprint density at radius 3 is 2.79 bits per heavy atom. The number of carbonyl (C=O) groups is 2. The molecule has 0 aliphatic carbocycles. The molecule has 3 heterocycles. The molecule has 0 saturated carbocycles. The van der Waals surface area contributed by atoms with Gasteiger partial charge in [-0.3, -0.25) is 9.59 Å². The van der Waals surface area contributed by atoms with Crippen molar-refractivity contribution in [2.45, 2.75) is 38.1 Å². The highest BCUT2D eigenvalue weighted by Gasteiger charge is 2.37. The van der Waals surface area contributed by atoms with Gasteiger partial charge in [0.15, 0.2) is 0 Å². The Morgan fingerprint density at radius 2 is 2.15 bits per heavy atom. The molecule has 2 unspecified atom stereocenters. The third kappa shape index (κ3) is 5.48. The summed E-state index contributed by atoms with van der Waals surface area (Å²) < 4.78 is 41.3. The Labute approximate surface area is 191 Å². The number of hydrogen-bond acceptors (Lipinski definition) is 6. The zero-order valence-corrected chi connectivity index (χ0v) is 18.0. The van der Waals surface area contributed by atoms with Crippen LogP contribution in [0.15, 0.2) is 29.5 Å². The fourth-order valence-electron chi connectivity index (χ4n) is 3.84. The number of aromatic amines is 1. The molecular formula is C20H22F3N7O4. The average Bonchev–Trinajstić information content (AvgIpc) is 3.20. The number of anilines is 1. The number of halogens is 3. The van der Waals surface area contributed by atoms with E-state index < -0.39 is 41.2 Å². The summed E-state index contributed by atoms with van der Waals surface area (Å²) in [7, 11) is 0. The van der Waals surface area contributed by atoms with Gasteiger partial charge in [-0.2, -0.15) is 23.5 Å². The molecule has 1 aliphatic rings. The van der Waals surface area contributed by atoms with E-state index in [1.54, 1.807) is 22.8 Å². The van der Waals surface area contributed by atoms with E-state index in [1.165, 1.54) is 17.2 Å². The molecule has 11 nitrogen and oxygen atoms in total. The van der Waals surface area contributed by atoms with Gasteiger partial charge in [-0.25, -0.2) is 9.89 Å². The van der Waals surface area contributed by atoms with Gasteiger partial charge in [0, 0.05) is 44.6 Å². The van der Waals surface area contributed by atoms with E-state index >= 15 is 0 Å². The fourth-order valence-corrected chi connectivity index (χ4v) is 3.84. The summed E-state index contributed by atoms with van der Waals surface area (Å²) in [5.41, 5.74) is -2.88. The highest BCUT2D eigenvalue weighted by atomic mass is 19.4. The van der Waals surface area contributed by atoms with Crippen LogP contribution in [-0.2, 0) is 12.7 Å². The largest absolute Gasteiger partial charge is 0.465 e. The molecule has 14 heteroatoms. The summed E-state index contributed by atoms with van der Waals surface area (Å²) in [5.74, 6) is -0.372. The Morgan fingerprint density at radius 1 is 1.41 bits per heavy atom. The molecule has 2 amide bonds. The summed E-state index contributed by atoms with van der Waals surface area (Å²) in [6.07, 6.45) is -2.02. The zero-order valence-electron chi connectivity index (χ0n) is 18.0. The van der Waals surface area contributed by atoms with E-state index in [-0.39, 0.29) is 38.5 Å². The van der Waals surface area contributed by atoms with Gasteiger partial charge in [-0.15, -0.1) is 0 Å². The lowest BCUT2D eigenvalue weighted by atomic mass is 10.1. The molecule has 0 bridgehead atoms.